The van der Waals surface area contributed by atoms with E-state index in [1.807, 2.05) is 50.2 Å². The monoisotopic (exact) mass is 510 g/mol. The molecule has 0 aliphatic carbocycles. The lowest BCUT2D eigenvalue weighted by atomic mass is 10.00. The van der Waals surface area contributed by atoms with Gasteiger partial charge in [0.1, 0.15) is 11.5 Å². The van der Waals surface area contributed by atoms with Gasteiger partial charge in [-0.25, -0.2) is 0 Å². The summed E-state index contributed by atoms with van der Waals surface area (Å²) < 4.78 is 0. The fraction of sp³-hybridized carbons (Fsp3) is 0.0714. The van der Waals surface area contributed by atoms with Crippen LogP contribution in [0.3, 0.4) is 0 Å². The third-order valence-electron chi connectivity index (χ3n) is 5.86. The van der Waals surface area contributed by atoms with Crippen molar-refractivity contribution in [1.29, 1.82) is 0 Å². The first-order chi connectivity index (χ1) is 18.1. The number of hydrogen-bond donors (Lipinski definition) is 2. The van der Waals surface area contributed by atoms with Crippen molar-refractivity contribution >= 4 is 35.2 Å². The summed E-state index contributed by atoms with van der Waals surface area (Å²) >= 11 is 0. The molecule has 0 aliphatic heterocycles. The third-order valence-corrected chi connectivity index (χ3v) is 5.86. The SMILES string of the molecule is Cc1cc(-c2ccc(N=Cc3cc([N+](=O)[O-])ccc3O)c(C)c2)ccc1N=Cc1cc([N+](=O)[O-])ccc1O. The van der Waals surface area contributed by atoms with Crippen molar-refractivity contribution in [2.24, 2.45) is 9.98 Å². The Balaban J connectivity index is 1.55. The van der Waals surface area contributed by atoms with Gasteiger partial charge in [0.25, 0.3) is 11.4 Å². The minimum absolute atomic E-state index is 0.104. The second-order valence-corrected chi connectivity index (χ2v) is 8.52. The van der Waals surface area contributed by atoms with Crippen molar-refractivity contribution in [3.05, 3.63) is 115 Å². The lowest BCUT2D eigenvalue weighted by Gasteiger charge is -2.08. The molecule has 10 heteroatoms. The molecule has 0 heterocycles. The van der Waals surface area contributed by atoms with Gasteiger partial charge in [-0.05, 0) is 72.5 Å². The summed E-state index contributed by atoms with van der Waals surface area (Å²) in [5, 5.41) is 42.0. The van der Waals surface area contributed by atoms with E-state index in [0.29, 0.717) is 11.4 Å². The van der Waals surface area contributed by atoms with E-state index in [9.17, 15) is 30.4 Å². The molecule has 0 unspecified atom stereocenters. The largest absolute Gasteiger partial charge is 0.507 e. The second-order valence-electron chi connectivity index (χ2n) is 8.52. The Kier molecular flexibility index (Phi) is 7.24. The quantitative estimate of drug-likeness (QED) is 0.160. The fourth-order valence-corrected chi connectivity index (χ4v) is 3.76. The predicted molar refractivity (Wildman–Crippen MR) is 145 cm³/mol. The van der Waals surface area contributed by atoms with Crippen LogP contribution in [0.2, 0.25) is 0 Å². The second kappa shape index (κ2) is 10.7. The molecule has 0 fully saturated rings. The minimum Gasteiger partial charge on any atom is -0.507 e. The molecule has 38 heavy (non-hydrogen) atoms. The van der Waals surface area contributed by atoms with E-state index in [1.54, 1.807) is 0 Å². The van der Waals surface area contributed by atoms with Crippen molar-refractivity contribution < 1.29 is 20.1 Å². The molecule has 4 rings (SSSR count). The van der Waals surface area contributed by atoms with Gasteiger partial charge in [0.05, 0.1) is 21.2 Å². The van der Waals surface area contributed by atoms with Crippen LogP contribution in [0, 0.1) is 34.1 Å². The molecule has 0 atom stereocenters. The van der Waals surface area contributed by atoms with E-state index in [4.69, 9.17) is 0 Å². The van der Waals surface area contributed by atoms with Gasteiger partial charge in [-0.3, -0.25) is 30.2 Å². The molecule has 0 saturated carbocycles. The Morgan fingerprint density at radius 2 is 1.03 bits per heavy atom. The molecule has 0 saturated heterocycles. The van der Waals surface area contributed by atoms with Gasteiger partial charge in [0.15, 0.2) is 0 Å². The molecule has 0 bridgehead atoms. The number of nitro groups is 2. The highest BCUT2D eigenvalue weighted by Gasteiger charge is 2.11. The van der Waals surface area contributed by atoms with Gasteiger partial charge in [0.2, 0.25) is 0 Å². The van der Waals surface area contributed by atoms with Crippen LogP contribution in [0.25, 0.3) is 11.1 Å². The Bertz CT molecular complexity index is 1510. The number of hydrogen-bond acceptors (Lipinski definition) is 8. The van der Waals surface area contributed by atoms with Gasteiger partial charge >= 0.3 is 0 Å². The Labute approximate surface area is 217 Å². The first kappa shape index (κ1) is 25.7. The van der Waals surface area contributed by atoms with E-state index in [1.165, 1.54) is 48.8 Å². The average molecular weight is 511 g/mol. The topological polar surface area (TPSA) is 151 Å². The van der Waals surface area contributed by atoms with Crippen LogP contribution in [0.15, 0.2) is 82.8 Å². The fourth-order valence-electron chi connectivity index (χ4n) is 3.76. The maximum absolute atomic E-state index is 11.0. The van der Waals surface area contributed by atoms with Gasteiger partial charge in [-0.2, -0.15) is 0 Å². The summed E-state index contributed by atoms with van der Waals surface area (Å²) in [6.07, 6.45) is 2.78. The summed E-state index contributed by atoms with van der Waals surface area (Å²) in [5.41, 5.74) is 5.12. The van der Waals surface area contributed by atoms with Crippen LogP contribution in [0.5, 0.6) is 11.5 Å². The molecule has 10 nitrogen and oxygen atoms in total. The maximum atomic E-state index is 11.0. The zero-order valence-electron chi connectivity index (χ0n) is 20.4. The highest BCUT2D eigenvalue weighted by atomic mass is 16.6. The van der Waals surface area contributed by atoms with Crippen LogP contribution < -0.4 is 0 Å². The molecule has 4 aromatic rings. The van der Waals surface area contributed by atoms with Gasteiger partial charge in [-0.15, -0.1) is 0 Å². The number of benzene rings is 4. The van der Waals surface area contributed by atoms with Gasteiger partial charge in [-0.1, -0.05) is 12.1 Å². The lowest BCUT2D eigenvalue weighted by Crippen LogP contribution is -1.91. The zero-order chi connectivity index (χ0) is 27.4. The van der Waals surface area contributed by atoms with E-state index < -0.39 is 9.85 Å². The smallest absolute Gasteiger partial charge is 0.270 e. The van der Waals surface area contributed by atoms with Crippen molar-refractivity contribution in [2.45, 2.75) is 13.8 Å². The Morgan fingerprint density at radius 3 is 1.37 bits per heavy atom. The summed E-state index contributed by atoms with van der Waals surface area (Å²) in [5.74, 6) is -0.208. The van der Waals surface area contributed by atoms with E-state index >= 15 is 0 Å². The summed E-state index contributed by atoms with van der Waals surface area (Å²) in [6.45, 7) is 3.78. The predicted octanol–water partition coefficient (Wildman–Crippen LogP) is 6.70. The number of phenols is 2. The standard InChI is InChI=1S/C28H22N4O6/c1-17-11-19(3-7-25(17)29-15-21-13-23(31(35)36)5-9-27(21)33)20-4-8-26(18(2)12-20)30-16-22-14-24(32(37)38)6-10-28(22)34/h3-16,33-34H,1-2H3. The van der Waals surface area contributed by atoms with Crippen molar-refractivity contribution in [2.75, 3.05) is 0 Å². The number of aromatic hydroxyl groups is 2. The van der Waals surface area contributed by atoms with Crippen LogP contribution in [-0.4, -0.2) is 32.5 Å². The average Bonchev–Trinajstić information content (AvgIpc) is 2.88. The molecule has 0 aliphatic rings. The first-order valence-electron chi connectivity index (χ1n) is 11.4. The Morgan fingerprint density at radius 1 is 0.632 bits per heavy atom. The highest BCUT2D eigenvalue weighted by molar-refractivity contribution is 5.88. The zero-order valence-corrected chi connectivity index (χ0v) is 20.4. The number of aryl methyl sites for hydroxylation is 2. The molecular weight excluding hydrogens is 488 g/mol. The molecule has 4 aromatic carbocycles. The number of non-ortho nitro benzene ring substituents is 2. The van der Waals surface area contributed by atoms with E-state index in [-0.39, 0.29) is 34.0 Å². The van der Waals surface area contributed by atoms with Crippen LogP contribution in [0.4, 0.5) is 22.7 Å². The minimum atomic E-state index is -0.535. The number of aliphatic imine (C=N–C) groups is 2. The van der Waals surface area contributed by atoms with E-state index in [2.05, 4.69) is 9.98 Å². The number of rotatable bonds is 7. The van der Waals surface area contributed by atoms with Gasteiger partial charge in [0, 0.05) is 47.8 Å². The lowest BCUT2D eigenvalue weighted by molar-refractivity contribution is -0.385. The van der Waals surface area contributed by atoms with Gasteiger partial charge < -0.3 is 10.2 Å². The van der Waals surface area contributed by atoms with Crippen LogP contribution in [-0.2, 0) is 0 Å². The molecule has 0 amide bonds. The van der Waals surface area contributed by atoms with Crippen LogP contribution in [0.1, 0.15) is 22.3 Å². The number of phenolic OH excluding ortho intramolecular Hbond substituents is 2. The molecule has 0 radical (unpaired) electrons. The normalized spacial score (nSPS) is 11.3. The van der Waals surface area contributed by atoms with Crippen molar-refractivity contribution in [3.8, 4) is 22.6 Å². The molecule has 2 N–H and O–H groups in total. The summed E-state index contributed by atoms with van der Waals surface area (Å²) in [6, 6.07) is 18.8. The highest BCUT2D eigenvalue weighted by Crippen LogP contribution is 2.31. The van der Waals surface area contributed by atoms with Crippen molar-refractivity contribution in [1.82, 2.24) is 0 Å². The molecular formula is C28H22N4O6. The number of nitro benzene ring substituents is 2. The third kappa shape index (κ3) is 5.71. The molecule has 0 aromatic heterocycles. The van der Waals surface area contributed by atoms with Crippen LogP contribution >= 0.6 is 0 Å². The molecule has 0 spiro atoms. The molecule has 190 valence electrons. The summed E-state index contributed by atoms with van der Waals surface area (Å²) in [7, 11) is 0. The van der Waals surface area contributed by atoms with Crippen molar-refractivity contribution in [3.63, 3.8) is 0 Å². The maximum Gasteiger partial charge on any atom is 0.270 e. The Hall–Kier alpha value is -5.38. The first-order valence-corrected chi connectivity index (χ1v) is 11.4. The van der Waals surface area contributed by atoms with E-state index in [0.717, 1.165) is 22.3 Å². The number of nitrogens with zero attached hydrogens (tertiary/aromatic N) is 4. The summed E-state index contributed by atoms with van der Waals surface area (Å²) in [4.78, 5) is 29.7.